The Labute approximate surface area is 117 Å². The average molecular weight is 267 g/mol. The highest BCUT2D eigenvalue weighted by Crippen LogP contribution is 2.34. The van der Waals surface area contributed by atoms with Crippen LogP contribution in [0.2, 0.25) is 0 Å². The van der Waals surface area contributed by atoms with Crippen LogP contribution in [0, 0.1) is 0 Å². The van der Waals surface area contributed by atoms with E-state index in [-0.39, 0.29) is 11.3 Å². The summed E-state index contributed by atoms with van der Waals surface area (Å²) in [6.45, 7) is 6.37. The van der Waals surface area contributed by atoms with Crippen LogP contribution < -0.4 is 0 Å². The number of hydrogen-bond donors (Lipinski definition) is 1. The van der Waals surface area contributed by atoms with Crippen LogP contribution in [0.4, 0.5) is 0 Å². The van der Waals surface area contributed by atoms with E-state index in [1.54, 1.807) is 18.5 Å². The molecule has 2 aromatic heterocycles. The number of aromatic hydroxyl groups is 1. The zero-order valence-corrected chi connectivity index (χ0v) is 11.8. The van der Waals surface area contributed by atoms with Gasteiger partial charge in [0.05, 0.1) is 17.3 Å². The molecule has 20 heavy (non-hydrogen) atoms. The molecule has 0 atom stereocenters. The minimum atomic E-state index is -0.145. The Hall–Kier alpha value is -2.36. The van der Waals surface area contributed by atoms with Gasteiger partial charge in [0.25, 0.3) is 0 Å². The number of pyridine rings is 1. The number of phenolic OH excluding ortho intramolecular Hbond substituents is 1. The average Bonchev–Trinajstić information content (AvgIpc) is 2.78. The number of nitrogens with zero attached hydrogens (tertiary/aromatic N) is 3. The van der Waals surface area contributed by atoms with Gasteiger partial charge in [-0.15, -0.1) is 0 Å². The molecule has 3 aromatic rings. The SMILES string of the molecule is CC(C)(C)n1c(-c2ccccc2O)nc2cnccc21. The van der Waals surface area contributed by atoms with Gasteiger partial charge in [0, 0.05) is 11.7 Å². The Bertz CT molecular complexity index is 769. The number of phenols is 1. The molecule has 1 aromatic carbocycles. The number of benzene rings is 1. The second kappa shape index (κ2) is 4.34. The van der Waals surface area contributed by atoms with Crippen molar-refractivity contribution in [1.82, 2.24) is 14.5 Å². The third-order valence-corrected chi connectivity index (χ3v) is 3.27. The van der Waals surface area contributed by atoms with Gasteiger partial charge in [-0.2, -0.15) is 0 Å². The van der Waals surface area contributed by atoms with Gasteiger partial charge in [-0.3, -0.25) is 4.98 Å². The normalized spacial score (nSPS) is 11.9. The minimum absolute atomic E-state index is 0.145. The first-order valence-electron chi connectivity index (χ1n) is 6.60. The number of aromatic nitrogens is 3. The van der Waals surface area contributed by atoms with E-state index < -0.39 is 0 Å². The number of imidazole rings is 1. The van der Waals surface area contributed by atoms with E-state index in [4.69, 9.17) is 0 Å². The molecule has 4 heteroatoms. The van der Waals surface area contributed by atoms with E-state index in [0.29, 0.717) is 0 Å². The van der Waals surface area contributed by atoms with Gasteiger partial charge in [-0.1, -0.05) is 12.1 Å². The zero-order chi connectivity index (χ0) is 14.3. The van der Waals surface area contributed by atoms with Gasteiger partial charge >= 0.3 is 0 Å². The lowest BCUT2D eigenvalue weighted by atomic mass is 10.1. The summed E-state index contributed by atoms with van der Waals surface area (Å²) in [6.07, 6.45) is 3.52. The standard InChI is InChI=1S/C16H17N3O/c1-16(2,3)19-13-8-9-17-10-12(13)18-15(19)11-6-4-5-7-14(11)20/h4-10,20H,1-3H3. The molecule has 0 spiro atoms. The third-order valence-electron chi connectivity index (χ3n) is 3.27. The van der Waals surface area contributed by atoms with Crippen LogP contribution in [0.1, 0.15) is 20.8 Å². The maximum absolute atomic E-state index is 10.1. The monoisotopic (exact) mass is 267 g/mol. The number of fused-ring (bicyclic) bond motifs is 1. The second-order valence-corrected chi connectivity index (χ2v) is 5.82. The lowest BCUT2D eigenvalue weighted by Gasteiger charge is -2.24. The lowest BCUT2D eigenvalue weighted by molar-refractivity contribution is 0.411. The van der Waals surface area contributed by atoms with Gasteiger partial charge in [0.2, 0.25) is 0 Å². The van der Waals surface area contributed by atoms with Crippen molar-refractivity contribution in [3.8, 4) is 17.1 Å². The van der Waals surface area contributed by atoms with Crippen molar-refractivity contribution in [1.29, 1.82) is 0 Å². The molecule has 0 radical (unpaired) electrons. The van der Waals surface area contributed by atoms with Gasteiger partial charge in [0.15, 0.2) is 0 Å². The van der Waals surface area contributed by atoms with Crippen LogP contribution >= 0.6 is 0 Å². The summed E-state index contributed by atoms with van der Waals surface area (Å²) in [5.41, 5.74) is 2.44. The highest BCUT2D eigenvalue weighted by atomic mass is 16.3. The Morgan fingerprint density at radius 1 is 1.10 bits per heavy atom. The molecule has 0 fully saturated rings. The molecule has 1 N–H and O–H groups in total. The van der Waals surface area contributed by atoms with Crippen molar-refractivity contribution in [3.05, 3.63) is 42.7 Å². The molecule has 0 unspecified atom stereocenters. The molecule has 0 aliphatic heterocycles. The molecule has 3 rings (SSSR count). The molecular weight excluding hydrogens is 250 g/mol. The van der Waals surface area contributed by atoms with Gasteiger partial charge in [-0.25, -0.2) is 4.98 Å². The summed E-state index contributed by atoms with van der Waals surface area (Å²) in [6, 6.07) is 9.23. The molecule has 2 heterocycles. The topological polar surface area (TPSA) is 50.9 Å². The van der Waals surface area contributed by atoms with E-state index in [0.717, 1.165) is 22.4 Å². The van der Waals surface area contributed by atoms with E-state index >= 15 is 0 Å². The Morgan fingerprint density at radius 3 is 2.55 bits per heavy atom. The van der Waals surface area contributed by atoms with Gasteiger partial charge in [0.1, 0.15) is 17.1 Å². The van der Waals surface area contributed by atoms with Crippen molar-refractivity contribution >= 4 is 11.0 Å². The van der Waals surface area contributed by atoms with Crippen molar-refractivity contribution in [3.63, 3.8) is 0 Å². The predicted octanol–water partition coefficient (Wildman–Crippen LogP) is 3.56. The number of rotatable bonds is 1. The van der Waals surface area contributed by atoms with Crippen molar-refractivity contribution < 1.29 is 5.11 Å². The Kier molecular flexibility index (Phi) is 2.74. The van der Waals surface area contributed by atoms with Crippen LogP contribution in [-0.4, -0.2) is 19.6 Å². The summed E-state index contributed by atoms with van der Waals surface area (Å²) in [5.74, 6) is 1.000. The van der Waals surface area contributed by atoms with E-state index in [1.807, 2.05) is 24.3 Å². The summed E-state index contributed by atoms with van der Waals surface area (Å²) in [5, 5.41) is 10.1. The molecule has 102 valence electrons. The highest BCUT2D eigenvalue weighted by molar-refractivity contribution is 5.81. The molecular formula is C16H17N3O. The van der Waals surface area contributed by atoms with Crippen molar-refractivity contribution in [2.45, 2.75) is 26.3 Å². The molecule has 0 saturated heterocycles. The fourth-order valence-corrected chi connectivity index (χ4v) is 2.45. The summed E-state index contributed by atoms with van der Waals surface area (Å²) in [7, 11) is 0. The van der Waals surface area contributed by atoms with E-state index in [2.05, 4.69) is 35.3 Å². The predicted molar refractivity (Wildman–Crippen MR) is 79.6 cm³/mol. The Morgan fingerprint density at radius 2 is 1.85 bits per heavy atom. The highest BCUT2D eigenvalue weighted by Gasteiger charge is 2.23. The summed E-state index contributed by atoms with van der Waals surface area (Å²) < 4.78 is 2.14. The molecule has 0 aliphatic carbocycles. The molecule has 0 bridgehead atoms. The Balaban J connectivity index is 2.39. The smallest absolute Gasteiger partial charge is 0.145 e. The molecule has 0 amide bonds. The first-order valence-corrected chi connectivity index (χ1v) is 6.60. The van der Waals surface area contributed by atoms with Crippen LogP contribution in [0.5, 0.6) is 5.75 Å². The lowest BCUT2D eigenvalue weighted by Crippen LogP contribution is -2.22. The summed E-state index contributed by atoms with van der Waals surface area (Å²) in [4.78, 5) is 8.78. The maximum atomic E-state index is 10.1. The maximum Gasteiger partial charge on any atom is 0.145 e. The second-order valence-electron chi connectivity index (χ2n) is 5.82. The molecule has 4 nitrogen and oxygen atoms in total. The van der Waals surface area contributed by atoms with Gasteiger partial charge < -0.3 is 9.67 Å². The third kappa shape index (κ3) is 1.93. The number of hydrogen-bond acceptors (Lipinski definition) is 3. The van der Waals surface area contributed by atoms with Gasteiger partial charge in [-0.05, 0) is 39.0 Å². The first-order chi connectivity index (χ1) is 9.48. The van der Waals surface area contributed by atoms with E-state index in [1.165, 1.54) is 0 Å². The zero-order valence-electron chi connectivity index (χ0n) is 11.8. The minimum Gasteiger partial charge on any atom is -0.507 e. The van der Waals surface area contributed by atoms with Crippen LogP contribution in [0.15, 0.2) is 42.7 Å². The van der Waals surface area contributed by atoms with Crippen molar-refractivity contribution in [2.75, 3.05) is 0 Å². The molecule has 0 saturated carbocycles. The largest absolute Gasteiger partial charge is 0.507 e. The quantitative estimate of drug-likeness (QED) is 0.733. The number of para-hydroxylation sites is 1. The van der Waals surface area contributed by atoms with Crippen LogP contribution in [-0.2, 0) is 5.54 Å². The fourth-order valence-electron chi connectivity index (χ4n) is 2.45. The van der Waals surface area contributed by atoms with E-state index in [9.17, 15) is 5.11 Å². The van der Waals surface area contributed by atoms with Crippen molar-refractivity contribution in [2.24, 2.45) is 0 Å². The first kappa shape index (κ1) is 12.7. The van der Waals surface area contributed by atoms with Crippen LogP contribution in [0.3, 0.4) is 0 Å². The summed E-state index contributed by atoms with van der Waals surface area (Å²) >= 11 is 0. The molecule has 0 aliphatic rings. The fraction of sp³-hybridized carbons (Fsp3) is 0.250. The van der Waals surface area contributed by atoms with Crippen LogP contribution in [0.25, 0.3) is 22.4 Å².